The lowest BCUT2D eigenvalue weighted by atomic mass is 10.3. The molecule has 2 rings (SSSR count). The largest absolute Gasteiger partial charge is 0.435 e. The minimum Gasteiger partial charge on any atom is -0.435 e. The van der Waals surface area contributed by atoms with E-state index < -0.39 is 5.82 Å². The number of ether oxygens (including phenoxy) is 1. The molecule has 0 amide bonds. The maximum atomic E-state index is 13.8. The van der Waals surface area contributed by atoms with Crippen LogP contribution in [0.4, 0.5) is 10.2 Å². The molecule has 1 aromatic heterocycles. The quantitative estimate of drug-likeness (QED) is 0.882. The molecular formula is C14H15BrFN3O. The second kappa shape index (κ2) is 6.65. The van der Waals surface area contributed by atoms with Crippen molar-refractivity contribution in [2.45, 2.75) is 20.3 Å². The summed E-state index contributed by atoms with van der Waals surface area (Å²) in [5.41, 5.74) is 0.753. The van der Waals surface area contributed by atoms with E-state index in [1.165, 1.54) is 12.4 Å². The van der Waals surface area contributed by atoms with E-state index in [0.717, 1.165) is 18.5 Å². The monoisotopic (exact) mass is 339 g/mol. The van der Waals surface area contributed by atoms with Gasteiger partial charge in [0.15, 0.2) is 11.6 Å². The third kappa shape index (κ3) is 3.45. The first-order valence-corrected chi connectivity index (χ1v) is 7.09. The Bertz CT molecular complexity index is 607. The molecule has 0 aliphatic carbocycles. The van der Waals surface area contributed by atoms with Gasteiger partial charge in [0.05, 0.1) is 5.56 Å². The summed E-state index contributed by atoms with van der Waals surface area (Å²) in [5.74, 6) is 0.742. The molecule has 2 aromatic rings. The Labute approximate surface area is 125 Å². The number of hydrogen-bond acceptors (Lipinski definition) is 4. The lowest BCUT2D eigenvalue weighted by Crippen LogP contribution is -2.05. The number of benzene rings is 1. The minimum atomic E-state index is -0.444. The maximum absolute atomic E-state index is 13.8. The van der Waals surface area contributed by atoms with Crippen molar-refractivity contribution in [1.82, 2.24) is 9.97 Å². The van der Waals surface area contributed by atoms with E-state index in [-0.39, 0.29) is 5.75 Å². The Kier molecular flexibility index (Phi) is 4.89. The predicted octanol–water partition coefficient (Wildman–Crippen LogP) is 4.30. The number of aromatic nitrogens is 2. The molecule has 0 radical (unpaired) electrons. The molecule has 1 N–H and O–H groups in total. The van der Waals surface area contributed by atoms with E-state index in [1.807, 2.05) is 6.92 Å². The van der Waals surface area contributed by atoms with Crippen molar-refractivity contribution in [3.05, 3.63) is 40.4 Å². The molecule has 0 saturated heterocycles. The number of halogens is 2. The van der Waals surface area contributed by atoms with E-state index in [1.54, 1.807) is 12.1 Å². The summed E-state index contributed by atoms with van der Waals surface area (Å²) in [7, 11) is 0. The van der Waals surface area contributed by atoms with Crippen LogP contribution in [0.5, 0.6) is 11.6 Å². The lowest BCUT2D eigenvalue weighted by Gasteiger charge is -2.12. The van der Waals surface area contributed by atoms with E-state index >= 15 is 0 Å². The molecule has 0 aliphatic rings. The Morgan fingerprint density at radius 3 is 2.85 bits per heavy atom. The van der Waals surface area contributed by atoms with Gasteiger partial charge in [-0.2, -0.15) is 0 Å². The van der Waals surface area contributed by atoms with Gasteiger partial charge in [0.25, 0.3) is 0 Å². The summed E-state index contributed by atoms with van der Waals surface area (Å²) in [6.45, 7) is 4.71. The van der Waals surface area contributed by atoms with Crippen molar-refractivity contribution >= 4 is 21.7 Å². The zero-order chi connectivity index (χ0) is 14.5. The van der Waals surface area contributed by atoms with E-state index in [2.05, 4.69) is 38.1 Å². The van der Waals surface area contributed by atoms with Crippen LogP contribution in [0.25, 0.3) is 0 Å². The molecular weight excluding hydrogens is 325 g/mol. The minimum absolute atomic E-state index is 0.136. The number of hydrogen-bond donors (Lipinski definition) is 1. The Morgan fingerprint density at radius 2 is 2.15 bits per heavy atom. The number of nitrogens with zero attached hydrogens (tertiary/aromatic N) is 2. The first-order chi connectivity index (χ1) is 9.61. The first kappa shape index (κ1) is 14.7. The normalized spacial score (nSPS) is 10.4. The molecule has 0 bridgehead atoms. The number of nitrogens with one attached hydrogen (secondary N) is 1. The van der Waals surface area contributed by atoms with Crippen LogP contribution in [0.1, 0.15) is 18.9 Å². The predicted molar refractivity (Wildman–Crippen MR) is 79.7 cm³/mol. The van der Waals surface area contributed by atoms with Crippen molar-refractivity contribution in [1.29, 1.82) is 0 Å². The Balaban J connectivity index is 2.24. The van der Waals surface area contributed by atoms with Gasteiger partial charge in [-0.05, 0) is 31.5 Å². The Morgan fingerprint density at radius 1 is 1.35 bits per heavy atom. The van der Waals surface area contributed by atoms with Gasteiger partial charge in [0.2, 0.25) is 5.88 Å². The van der Waals surface area contributed by atoms with Gasteiger partial charge < -0.3 is 10.1 Å². The molecule has 4 nitrogen and oxygen atoms in total. The second-order valence-corrected chi connectivity index (χ2v) is 5.17. The maximum Gasteiger partial charge on any atom is 0.227 e. The fraction of sp³-hybridized carbons (Fsp3) is 0.286. The standard InChI is InChI=1S/C14H15BrFN3O/c1-3-6-17-13-9(2)14(19-8-18-13)20-12-5-4-10(15)7-11(12)16/h4-5,7-8H,3,6H2,1-2H3,(H,17,18,19). The zero-order valence-electron chi connectivity index (χ0n) is 11.3. The van der Waals surface area contributed by atoms with Gasteiger partial charge in [-0.1, -0.05) is 22.9 Å². The number of rotatable bonds is 5. The highest BCUT2D eigenvalue weighted by atomic mass is 79.9. The third-order valence-corrected chi connectivity index (χ3v) is 3.17. The summed E-state index contributed by atoms with van der Waals surface area (Å²) >= 11 is 3.21. The van der Waals surface area contributed by atoms with Crippen LogP contribution in [-0.4, -0.2) is 16.5 Å². The summed E-state index contributed by atoms with van der Waals surface area (Å²) < 4.78 is 19.9. The molecule has 0 unspecified atom stereocenters. The first-order valence-electron chi connectivity index (χ1n) is 6.30. The van der Waals surface area contributed by atoms with Crippen LogP contribution in [0.2, 0.25) is 0 Å². The SMILES string of the molecule is CCCNc1ncnc(Oc2ccc(Br)cc2F)c1C. The van der Waals surface area contributed by atoms with Gasteiger partial charge in [0.1, 0.15) is 12.1 Å². The molecule has 0 fully saturated rings. The van der Waals surface area contributed by atoms with E-state index in [9.17, 15) is 4.39 Å². The molecule has 1 heterocycles. The van der Waals surface area contributed by atoms with Crippen LogP contribution in [0.15, 0.2) is 29.0 Å². The molecule has 106 valence electrons. The fourth-order valence-electron chi connectivity index (χ4n) is 1.62. The lowest BCUT2D eigenvalue weighted by molar-refractivity contribution is 0.423. The molecule has 20 heavy (non-hydrogen) atoms. The topological polar surface area (TPSA) is 47.0 Å². The highest BCUT2D eigenvalue weighted by molar-refractivity contribution is 9.10. The van der Waals surface area contributed by atoms with Crippen molar-refractivity contribution in [3.8, 4) is 11.6 Å². The van der Waals surface area contributed by atoms with Crippen LogP contribution in [-0.2, 0) is 0 Å². The average molecular weight is 340 g/mol. The van der Waals surface area contributed by atoms with E-state index in [4.69, 9.17) is 4.74 Å². The van der Waals surface area contributed by atoms with Crippen LogP contribution < -0.4 is 10.1 Å². The fourth-order valence-corrected chi connectivity index (χ4v) is 1.95. The van der Waals surface area contributed by atoms with Gasteiger partial charge in [-0.15, -0.1) is 0 Å². The van der Waals surface area contributed by atoms with Crippen LogP contribution in [0, 0.1) is 12.7 Å². The summed E-state index contributed by atoms with van der Waals surface area (Å²) in [4.78, 5) is 8.21. The van der Waals surface area contributed by atoms with Gasteiger partial charge in [-0.25, -0.2) is 14.4 Å². The van der Waals surface area contributed by atoms with Crippen molar-refractivity contribution in [3.63, 3.8) is 0 Å². The highest BCUT2D eigenvalue weighted by Gasteiger charge is 2.11. The zero-order valence-corrected chi connectivity index (χ0v) is 12.9. The number of anilines is 1. The highest BCUT2D eigenvalue weighted by Crippen LogP contribution is 2.29. The molecule has 0 aliphatic heterocycles. The molecule has 0 spiro atoms. The molecule has 0 atom stereocenters. The van der Waals surface area contributed by atoms with Gasteiger partial charge >= 0.3 is 0 Å². The van der Waals surface area contributed by atoms with Gasteiger partial charge in [0, 0.05) is 11.0 Å². The molecule has 6 heteroatoms. The Hall–Kier alpha value is -1.69. The van der Waals surface area contributed by atoms with Crippen LogP contribution >= 0.6 is 15.9 Å². The molecule has 1 aromatic carbocycles. The third-order valence-electron chi connectivity index (χ3n) is 2.68. The second-order valence-electron chi connectivity index (χ2n) is 4.26. The van der Waals surface area contributed by atoms with Crippen molar-refractivity contribution in [2.75, 3.05) is 11.9 Å². The van der Waals surface area contributed by atoms with Crippen molar-refractivity contribution < 1.29 is 9.13 Å². The summed E-state index contributed by atoms with van der Waals surface area (Å²) in [5, 5.41) is 3.18. The van der Waals surface area contributed by atoms with E-state index in [0.29, 0.717) is 16.2 Å². The van der Waals surface area contributed by atoms with Crippen LogP contribution in [0.3, 0.4) is 0 Å². The summed E-state index contributed by atoms with van der Waals surface area (Å²) in [6, 6.07) is 4.62. The average Bonchev–Trinajstić information content (AvgIpc) is 2.42. The van der Waals surface area contributed by atoms with Gasteiger partial charge in [-0.3, -0.25) is 0 Å². The summed E-state index contributed by atoms with van der Waals surface area (Å²) in [6.07, 6.45) is 2.39. The van der Waals surface area contributed by atoms with Crippen molar-refractivity contribution in [2.24, 2.45) is 0 Å². The smallest absolute Gasteiger partial charge is 0.227 e. The molecule has 0 saturated carbocycles.